The van der Waals surface area contributed by atoms with Gasteiger partial charge in [0, 0.05) is 7.11 Å². The van der Waals surface area contributed by atoms with Crippen LogP contribution in [-0.4, -0.2) is 26.4 Å². The van der Waals surface area contributed by atoms with E-state index in [9.17, 15) is 8.42 Å². The number of hydrogen-bond donors (Lipinski definition) is 3. The molecule has 0 saturated heterocycles. The molecule has 4 N–H and O–H groups in total. The molecule has 0 heterocycles. The lowest BCUT2D eigenvalue weighted by molar-refractivity contribution is -0.0103. The van der Waals surface area contributed by atoms with Crippen LogP contribution in [0.15, 0.2) is 0 Å². The minimum atomic E-state index is -4.50. The van der Waals surface area contributed by atoms with Crippen LogP contribution in [0, 0.1) is 0 Å². The van der Waals surface area contributed by atoms with E-state index in [-0.39, 0.29) is 0 Å². The molecule has 0 aromatic heterocycles. The fourth-order valence-corrected chi connectivity index (χ4v) is 0.373. The minimum Gasteiger partial charge on any atom is -0.351 e. The number of methoxy groups -OCH3 is 1. The summed E-state index contributed by atoms with van der Waals surface area (Å²) in [7, 11) is -3.27. The summed E-state index contributed by atoms with van der Waals surface area (Å²) < 4.78 is 35.5. The largest absolute Gasteiger partial charge is 0.413 e. The SMILES string of the molecule is CO[C@@H](N)NOS(=O)(=O)O. The molecule has 0 aliphatic rings. The fraction of sp³-hybridized carbons (Fsp3) is 1.00. The second kappa shape index (κ2) is 3.81. The van der Waals surface area contributed by atoms with E-state index in [0.29, 0.717) is 0 Å². The van der Waals surface area contributed by atoms with Gasteiger partial charge in [0.15, 0.2) is 6.35 Å². The highest BCUT2D eigenvalue weighted by Gasteiger charge is 2.06. The molecule has 0 rings (SSSR count). The number of hydrogen-bond acceptors (Lipinski definition) is 6. The van der Waals surface area contributed by atoms with Gasteiger partial charge in [0.05, 0.1) is 0 Å². The Morgan fingerprint density at radius 3 is 2.50 bits per heavy atom. The van der Waals surface area contributed by atoms with Crippen molar-refractivity contribution in [2.45, 2.75) is 6.35 Å². The van der Waals surface area contributed by atoms with E-state index in [1.165, 1.54) is 7.11 Å². The molecular formula is C2H8N2O5S. The van der Waals surface area contributed by atoms with E-state index in [1.807, 2.05) is 0 Å². The van der Waals surface area contributed by atoms with Crippen LogP contribution in [0.3, 0.4) is 0 Å². The third-order valence-electron chi connectivity index (χ3n) is 0.524. The van der Waals surface area contributed by atoms with Crippen molar-refractivity contribution in [1.29, 1.82) is 0 Å². The van der Waals surface area contributed by atoms with E-state index < -0.39 is 16.8 Å². The fourth-order valence-electron chi connectivity index (χ4n) is 0.156. The molecule has 0 fully saturated rings. The topological polar surface area (TPSA) is 111 Å². The molecule has 0 saturated carbocycles. The quantitative estimate of drug-likeness (QED) is 0.260. The first-order chi connectivity index (χ1) is 4.45. The van der Waals surface area contributed by atoms with Gasteiger partial charge in [0.2, 0.25) is 0 Å². The normalized spacial score (nSPS) is 15.1. The van der Waals surface area contributed by atoms with Crippen LogP contribution in [0.25, 0.3) is 0 Å². The number of hydroxylamine groups is 1. The summed E-state index contributed by atoms with van der Waals surface area (Å²) in [6, 6.07) is 0. The van der Waals surface area contributed by atoms with Crippen molar-refractivity contribution >= 4 is 10.4 Å². The number of rotatable bonds is 4. The van der Waals surface area contributed by atoms with Gasteiger partial charge in [-0.25, -0.2) is 0 Å². The highest BCUT2D eigenvalue weighted by atomic mass is 32.3. The lowest BCUT2D eigenvalue weighted by Crippen LogP contribution is -2.40. The van der Waals surface area contributed by atoms with Crippen molar-refractivity contribution in [2.24, 2.45) is 5.73 Å². The Morgan fingerprint density at radius 1 is 1.70 bits per heavy atom. The molecule has 0 aromatic rings. The second-order valence-electron chi connectivity index (χ2n) is 1.29. The Hall–Kier alpha value is -0.250. The predicted molar refractivity (Wildman–Crippen MR) is 30.8 cm³/mol. The van der Waals surface area contributed by atoms with Crippen LogP contribution in [0.2, 0.25) is 0 Å². The Morgan fingerprint density at radius 2 is 2.20 bits per heavy atom. The average molecular weight is 172 g/mol. The smallest absolute Gasteiger partial charge is 0.351 e. The summed E-state index contributed by atoms with van der Waals surface area (Å²) in [6.45, 7) is 0. The summed E-state index contributed by atoms with van der Waals surface area (Å²) in [5.41, 5.74) is 6.64. The molecule has 0 spiro atoms. The molecule has 0 bridgehead atoms. The molecule has 8 heteroatoms. The zero-order valence-corrected chi connectivity index (χ0v) is 5.96. The van der Waals surface area contributed by atoms with Crippen molar-refractivity contribution in [1.82, 2.24) is 5.48 Å². The van der Waals surface area contributed by atoms with Gasteiger partial charge in [0.25, 0.3) is 0 Å². The Bertz CT molecular complexity index is 176. The lowest BCUT2D eigenvalue weighted by Gasteiger charge is -2.07. The Labute approximate surface area is 58.0 Å². The molecule has 10 heavy (non-hydrogen) atoms. The number of nitrogens with one attached hydrogen (secondary N) is 1. The zero-order valence-electron chi connectivity index (χ0n) is 5.14. The third kappa shape index (κ3) is 5.88. The van der Waals surface area contributed by atoms with E-state index in [2.05, 4.69) is 9.02 Å². The van der Waals surface area contributed by atoms with Crippen molar-refractivity contribution in [3.63, 3.8) is 0 Å². The first kappa shape index (κ1) is 9.75. The Balaban J connectivity index is 3.56. The van der Waals surface area contributed by atoms with E-state index in [4.69, 9.17) is 10.3 Å². The van der Waals surface area contributed by atoms with Crippen molar-refractivity contribution in [3.05, 3.63) is 0 Å². The standard InChI is InChI=1S/C2H8N2O5S/c1-8-2(3)4-9-10(5,6)7/h2,4H,3H2,1H3,(H,5,6,7)/t2-/m0/s1. The summed E-state index contributed by atoms with van der Waals surface area (Å²) in [5.74, 6) is 0. The maximum absolute atomic E-state index is 9.81. The van der Waals surface area contributed by atoms with Gasteiger partial charge in [-0.05, 0) is 0 Å². The van der Waals surface area contributed by atoms with E-state index in [0.717, 1.165) is 0 Å². The summed E-state index contributed by atoms with van der Waals surface area (Å²) in [5, 5.41) is 0. The maximum atomic E-state index is 9.81. The van der Waals surface area contributed by atoms with Crippen LogP contribution in [0.1, 0.15) is 0 Å². The molecule has 62 valence electrons. The first-order valence-corrected chi connectivity index (χ1v) is 3.52. The zero-order chi connectivity index (χ0) is 8.20. The van der Waals surface area contributed by atoms with Gasteiger partial charge >= 0.3 is 10.4 Å². The average Bonchev–Trinajstić information content (AvgIpc) is 1.81. The molecular weight excluding hydrogens is 164 g/mol. The lowest BCUT2D eigenvalue weighted by atomic mass is 11.1. The summed E-state index contributed by atoms with van der Waals surface area (Å²) in [6.07, 6.45) is -1.10. The molecule has 7 nitrogen and oxygen atoms in total. The van der Waals surface area contributed by atoms with Gasteiger partial charge in [-0.1, -0.05) is 0 Å². The van der Waals surface area contributed by atoms with Gasteiger partial charge in [-0.3, -0.25) is 10.3 Å². The molecule has 0 radical (unpaired) electrons. The molecule has 0 aliphatic heterocycles. The molecule has 0 unspecified atom stereocenters. The summed E-state index contributed by atoms with van der Waals surface area (Å²) in [4.78, 5) is 0. The van der Waals surface area contributed by atoms with Gasteiger partial charge in [-0.15, -0.1) is 5.48 Å². The van der Waals surface area contributed by atoms with E-state index in [1.54, 1.807) is 5.48 Å². The summed E-state index contributed by atoms with van der Waals surface area (Å²) >= 11 is 0. The molecule has 0 aliphatic carbocycles. The monoisotopic (exact) mass is 172 g/mol. The van der Waals surface area contributed by atoms with Gasteiger partial charge < -0.3 is 4.74 Å². The van der Waals surface area contributed by atoms with Crippen LogP contribution >= 0.6 is 0 Å². The van der Waals surface area contributed by atoms with Crippen LogP contribution in [0.5, 0.6) is 0 Å². The van der Waals surface area contributed by atoms with Gasteiger partial charge in [-0.2, -0.15) is 12.7 Å². The molecule has 0 aromatic carbocycles. The van der Waals surface area contributed by atoms with Crippen molar-refractivity contribution < 1.29 is 22.0 Å². The van der Waals surface area contributed by atoms with E-state index >= 15 is 0 Å². The maximum Gasteiger partial charge on any atom is 0.413 e. The third-order valence-corrected chi connectivity index (χ3v) is 0.830. The number of ether oxygens (including phenoxy) is 1. The predicted octanol–water partition coefficient (Wildman–Crippen LogP) is -1.80. The number of nitrogens with two attached hydrogens (primary N) is 1. The first-order valence-electron chi connectivity index (χ1n) is 2.15. The van der Waals surface area contributed by atoms with Crippen LogP contribution < -0.4 is 11.2 Å². The van der Waals surface area contributed by atoms with Crippen molar-refractivity contribution in [3.8, 4) is 0 Å². The minimum absolute atomic E-state index is 1.10. The second-order valence-corrected chi connectivity index (χ2v) is 2.31. The van der Waals surface area contributed by atoms with Gasteiger partial charge in [0.1, 0.15) is 0 Å². The Kier molecular flexibility index (Phi) is 3.71. The molecule has 1 atom stereocenters. The highest BCUT2D eigenvalue weighted by Crippen LogP contribution is 1.81. The highest BCUT2D eigenvalue weighted by molar-refractivity contribution is 7.80. The molecule has 0 amide bonds. The van der Waals surface area contributed by atoms with Crippen LogP contribution in [0.4, 0.5) is 0 Å². The van der Waals surface area contributed by atoms with Crippen molar-refractivity contribution in [2.75, 3.05) is 7.11 Å². The van der Waals surface area contributed by atoms with Crippen LogP contribution in [-0.2, 0) is 19.4 Å².